The van der Waals surface area contributed by atoms with E-state index in [0.29, 0.717) is 19.3 Å². The smallest absolute Gasteiger partial charge is 0.306 e. The zero-order chi connectivity index (χ0) is 39.6. The Bertz CT molecular complexity index is 811. The largest absolute Gasteiger partial charge is 0.462 e. The Labute approximate surface area is 336 Å². The summed E-state index contributed by atoms with van der Waals surface area (Å²) in [7, 11) is 0. The minimum absolute atomic E-state index is 0.0634. The fraction of sp³-hybridized carbons (Fsp3) is 0.938. The van der Waals surface area contributed by atoms with E-state index in [1.54, 1.807) is 0 Å². The van der Waals surface area contributed by atoms with Crippen LogP contribution in [0.15, 0.2) is 0 Å². The van der Waals surface area contributed by atoms with Crippen LogP contribution in [0, 0.1) is 5.92 Å². The molecule has 0 spiro atoms. The molecule has 54 heavy (non-hydrogen) atoms. The molecule has 0 aliphatic carbocycles. The second-order valence-corrected chi connectivity index (χ2v) is 16.9. The predicted octanol–water partition coefficient (Wildman–Crippen LogP) is 15.1. The molecule has 0 saturated carbocycles. The Balaban J connectivity index is 4.26. The number of hydrogen-bond acceptors (Lipinski definition) is 6. The van der Waals surface area contributed by atoms with Crippen molar-refractivity contribution in [1.82, 2.24) is 0 Å². The minimum atomic E-state index is -0.758. The van der Waals surface area contributed by atoms with Gasteiger partial charge < -0.3 is 14.2 Å². The molecule has 0 aromatic heterocycles. The van der Waals surface area contributed by atoms with Crippen LogP contribution in [-0.2, 0) is 28.6 Å². The van der Waals surface area contributed by atoms with Crippen molar-refractivity contribution in [3.05, 3.63) is 0 Å². The van der Waals surface area contributed by atoms with Gasteiger partial charge in [0.05, 0.1) is 0 Å². The van der Waals surface area contributed by atoms with E-state index in [-0.39, 0.29) is 31.1 Å². The van der Waals surface area contributed by atoms with Gasteiger partial charge in [0.2, 0.25) is 0 Å². The van der Waals surface area contributed by atoms with Crippen molar-refractivity contribution in [2.75, 3.05) is 13.2 Å². The SMILES string of the molecule is CCCCCCCCCCCCCC(=O)O[C@H](COC(=O)CCCCCCCCCCC)COC(=O)CCCCCCCCCCCCCCCC(C)C. The highest BCUT2D eigenvalue weighted by molar-refractivity contribution is 5.71. The minimum Gasteiger partial charge on any atom is -0.462 e. The summed E-state index contributed by atoms with van der Waals surface area (Å²) in [6.07, 6.45) is 42.3. The maximum Gasteiger partial charge on any atom is 0.306 e. The van der Waals surface area contributed by atoms with Crippen molar-refractivity contribution in [3.63, 3.8) is 0 Å². The van der Waals surface area contributed by atoms with Gasteiger partial charge in [-0.1, -0.05) is 227 Å². The zero-order valence-electron chi connectivity index (χ0n) is 36.7. The van der Waals surface area contributed by atoms with E-state index in [1.165, 1.54) is 161 Å². The first-order chi connectivity index (χ1) is 26.4. The second-order valence-electron chi connectivity index (χ2n) is 16.9. The molecular formula is C48H92O6. The summed E-state index contributed by atoms with van der Waals surface area (Å²) in [6.45, 7) is 8.99. The first-order valence-electron chi connectivity index (χ1n) is 23.9. The van der Waals surface area contributed by atoms with Crippen LogP contribution in [0.1, 0.15) is 265 Å². The molecule has 0 amide bonds. The fourth-order valence-corrected chi connectivity index (χ4v) is 7.16. The lowest BCUT2D eigenvalue weighted by Gasteiger charge is -2.18. The highest BCUT2D eigenvalue weighted by Crippen LogP contribution is 2.16. The van der Waals surface area contributed by atoms with Gasteiger partial charge in [0, 0.05) is 19.3 Å². The number of ether oxygens (including phenoxy) is 3. The highest BCUT2D eigenvalue weighted by atomic mass is 16.6. The lowest BCUT2D eigenvalue weighted by molar-refractivity contribution is -0.167. The topological polar surface area (TPSA) is 78.9 Å². The summed E-state index contributed by atoms with van der Waals surface area (Å²) in [5.41, 5.74) is 0. The van der Waals surface area contributed by atoms with Crippen LogP contribution >= 0.6 is 0 Å². The third-order valence-corrected chi connectivity index (χ3v) is 10.8. The van der Waals surface area contributed by atoms with Gasteiger partial charge in [-0.3, -0.25) is 14.4 Å². The molecule has 0 saturated heterocycles. The molecule has 0 aromatic rings. The molecule has 0 aromatic carbocycles. The summed E-state index contributed by atoms with van der Waals surface area (Å²) < 4.78 is 16.7. The number of hydrogen-bond donors (Lipinski definition) is 0. The van der Waals surface area contributed by atoms with Crippen molar-refractivity contribution in [2.45, 2.75) is 271 Å². The number of rotatable bonds is 43. The van der Waals surface area contributed by atoms with Crippen LogP contribution in [0.4, 0.5) is 0 Å². The molecule has 0 rings (SSSR count). The first-order valence-corrected chi connectivity index (χ1v) is 23.9. The van der Waals surface area contributed by atoms with Crippen LogP contribution in [0.3, 0.4) is 0 Å². The van der Waals surface area contributed by atoms with Gasteiger partial charge in [-0.15, -0.1) is 0 Å². The normalized spacial score (nSPS) is 11.9. The Morgan fingerprint density at radius 3 is 0.907 bits per heavy atom. The molecule has 0 N–H and O–H groups in total. The predicted molar refractivity (Wildman–Crippen MR) is 229 cm³/mol. The Hall–Kier alpha value is -1.59. The first kappa shape index (κ1) is 52.4. The van der Waals surface area contributed by atoms with E-state index in [1.807, 2.05) is 0 Å². The molecule has 0 bridgehead atoms. The lowest BCUT2D eigenvalue weighted by atomic mass is 10.0. The molecule has 0 radical (unpaired) electrons. The summed E-state index contributed by atoms with van der Waals surface area (Å²) in [5, 5.41) is 0. The second kappa shape index (κ2) is 42.6. The fourth-order valence-electron chi connectivity index (χ4n) is 7.16. The van der Waals surface area contributed by atoms with Crippen LogP contribution < -0.4 is 0 Å². The van der Waals surface area contributed by atoms with Crippen molar-refractivity contribution in [3.8, 4) is 0 Å². The molecular weight excluding hydrogens is 673 g/mol. The van der Waals surface area contributed by atoms with Crippen molar-refractivity contribution < 1.29 is 28.6 Å². The maximum atomic E-state index is 12.7. The molecule has 6 heteroatoms. The van der Waals surface area contributed by atoms with Gasteiger partial charge in [0.25, 0.3) is 0 Å². The van der Waals surface area contributed by atoms with Crippen molar-refractivity contribution >= 4 is 17.9 Å². The Kier molecular flexibility index (Phi) is 41.3. The van der Waals surface area contributed by atoms with E-state index in [4.69, 9.17) is 14.2 Å². The molecule has 0 unspecified atom stereocenters. The van der Waals surface area contributed by atoms with E-state index < -0.39 is 6.10 Å². The summed E-state index contributed by atoms with van der Waals surface area (Å²) in [5.74, 6) is -0.0135. The zero-order valence-corrected chi connectivity index (χ0v) is 36.7. The van der Waals surface area contributed by atoms with Gasteiger partial charge >= 0.3 is 17.9 Å². The van der Waals surface area contributed by atoms with Crippen molar-refractivity contribution in [2.24, 2.45) is 5.92 Å². The van der Waals surface area contributed by atoms with Gasteiger partial charge in [-0.05, 0) is 25.2 Å². The maximum absolute atomic E-state index is 12.7. The molecule has 320 valence electrons. The third-order valence-electron chi connectivity index (χ3n) is 10.8. The molecule has 0 aliphatic rings. The van der Waals surface area contributed by atoms with Gasteiger partial charge in [0.15, 0.2) is 6.10 Å². The highest BCUT2D eigenvalue weighted by Gasteiger charge is 2.19. The van der Waals surface area contributed by atoms with Crippen LogP contribution in [0.2, 0.25) is 0 Å². The number of esters is 3. The van der Waals surface area contributed by atoms with E-state index in [2.05, 4.69) is 27.7 Å². The molecule has 0 aliphatic heterocycles. The van der Waals surface area contributed by atoms with E-state index in [9.17, 15) is 14.4 Å². The quantitative estimate of drug-likeness (QED) is 0.0349. The van der Waals surface area contributed by atoms with Gasteiger partial charge in [-0.25, -0.2) is 0 Å². The molecule has 0 heterocycles. The average molecular weight is 765 g/mol. The average Bonchev–Trinajstić information content (AvgIpc) is 3.15. The van der Waals surface area contributed by atoms with Crippen LogP contribution in [0.5, 0.6) is 0 Å². The Morgan fingerprint density at radius 2 is 0.611 bits per heavy atom. The number of carbonyl (C=O) groups is 3. The summed E-state index contributed by atoms with van der Waals surface area (Å²) in [4.78, 5) is 37.7. The number of carbonyl (C=O) groups excluding carboxylic acids is 3. The number of unbranched alkanes of at least 4 members (excludes halogenated alkanes) is 30. The Morgan fingerprint density at radius 1 is 0.352 bits per heavy atom. The van der Waals surface area contributed by atoms with Gasteiger partial charge in [-0.2, -0.15) is 0 Å². The van der Waals surface area contributed by atoms with E-state index >= 15 is 0 Å². The third kappa shape index (κ3) is 41.6. The molecule has 1 atom stereocenters. The molecule has 0 fully saturated rings. The monoisotopic (exact) mass is 765 g/mol. The summed E-state index contributed by atoms with van der Waals surface area (Å²) >= 11 is 0. The summed E-state index contributed by atoms with van der Waals surface area (Å²) in [6, 6.07) is 0. The van der Waals surface area contributed by atoms with Crippen molar-refractivity contribution in [1.29, 1.82) is 0 Å². The van der Waals surface area contributed by atoms with E-state index in [0.717, 1.165) is 63.7 Å². The molecule has 6 nitrogen and oxygen atoms in total. The lowest BCUT2D eigenvalue weighted by Crippen LogP contribution is -2.30. The van der Waals surface area contributed by atoms with Gasteiger partial charge in [0.1, 0.15) is 13.2 Å². The van der Waals surface area contributed by atoms with Crippen LogP contribution in [-0.4, -0.2) is 37.2 Å². The van der Waals surface area contributed by atoms with Crippen LogP contribution in [0.25, 0.3) is 0 Å². The standard InChI is InChI=1S/C48H92O6/c1-5-7-9-11-13-15-19-25-29-33-37-41-48(51)54-45(42-52-46(49)39-35-31-27-22-14-12-10-8-6-2)43-53-47(50)40-36-32-28-24-21-18-16-17-20-23-26-30-34-38-44(3)4/h44-45H,5-43H2,1-4H3/t45-/m1/s1.